The van der Waals surface area contributed by atoms with E-state index >= 15 is 19.2 Å². The molecular formula is C70H128N12O13. The number of aliphatic hydroxyl groups excluding tert-OH is 1. The van der Waals surface area contributed by atoms with Crippen LogP contribution in [0.5, 0.6) is 0 Å². The number of ether oxygens (including phenoxy) is 1. The SMILES string of the molecule is C/C=C/C[C@@H](C)[C@@H](O)[C@H]1C(=O)N[C@@H](CC)C(=O)N(C)CC(=O)N(C)[C@@H](CC(C)C)C(=O)N[C@@H](C(C)C)C(=O)N(C)[C@@H](CC(C)C)C(=O)N[C@@H](C)C(=O)N[C@H](C)C(=O)N(C)[C@@H](CC(C)C)C(=O)N(C)[C@@H](CC(C)C)C(=O)N(C)[C@](OC(C)NCCC(C)CC)(C(C)C)C(=O)N1C. The van der Waals surface area contributed by atoms with E-state index in [1.54, 1.807) is 67.5 Å². The molecule has 0 aromatic carbocycles. The number of carbonyl (C=O) groups is 11. The van der Waals surface area contributed by atoms with Gasteiger partial charge in [0.2, 0.25) is 64.8 Å². The number of amides is 11. The largest absolute Gasteiger partial charge is 0.390 e. The second-order valence-corrected chi connectivity index (χ2v) is 29.2. The van der Waals surface area contributed by atoms with Gasteiger partial charge in [-0.05, 0) is 121 Å². The highest BCUT2D eigenvalue weighted by atomic mass is 16.5. The number of nitrogens with one attached hydrogen (secondary N) is 5. The Hall–Kier alpha value is -6.21. The predicted molar refractivity (Wildman–Crippen MR) is 370 cm³/mol. The molecule has 1 rings (SSSR count). The van der Waals surface area contributed by atoms with Gasteiger partial charge in [0.15, 0.2) is 0 Å². The average molecular weight is 1350 g/mol. The molecular weight excluding hydrogens is 1220 g/mol. The van der Waals surface area contributed by atoms with Crippen LogP contribution < -0.4 is 26.6 Å². The average Bonchev–Trinajstić information content (AvgIpc) is 0.755. The summed E-state index contributed by atoms with van der Waals surface area (Å²) in [6.45, 7) is 35.5. The molecule has 0 radical (unpaired) electrons. The zero-order valence-corrected chi connectivity index (χ0v) is 63.2. The van der Waals surface area contributed by atoms with Crippen molar-refractivity contribution in [3.8, 4) is 0 Å². The Morgan fingerprint density at radius 2 is 1.02 bits per heavy atom. The second kappa shape index (κ2) is 39.9. The molecule has 14 atom stereocenters. The van der Waals surface area contributed by atoms with Gasteiger partial charge < -0.3 is 65.4 Å². The molecule has 1 fully saturated rings. The van der Waals surface area contributed by atoms with Crippen molar-refractivity contribution in [1.82, 2.24) is 60.9 Å². The Balaban J connectivity index is 4.63. The fourth-order valence-corrected chi connectivity index (χ4v) is 11.9. The van der Waals surface area contributed by atoms with E-state index in [1.165, 1.54) is 87.7 Å². The number of aliphatic hydroxyl groups is 1. The molecule has 546 valence electrons. The number of hydrogen-bond acceptors (Lipinski definition) is 14. The maximum Gasteiger partial charge on any atom is 0.277 e. The molecule has 0 saturated carbocycles. The molecule has 0 aromatic rings. The third-order valence-corrected chi connectivity index (χ3v) is 18.4. The van der Waals surface area contributed by atoms with Crippen LogP contribution in [0, 0.1) is 47.3 Å². The molecule has 1 heterocycles. The van der Waals surface area contributed by atoms with E-state index in [9.17, 15) is 38.7 Å². The van der Waals surface area contributed by atoms with Crippen LogP contribution in [-0.2, 0) is 57.5 Å². The molecule has 25 nitrogen and oxygen atoms in total. The number of carbonyl (C=O) groups excluding carboxylic acids is 11. The van der Waals surface area contributed by atoms with Crippen molar-refractivity contribution in [3.05, 3.63) is 12.2 Å². The molecule has 6 N–H and O–H groups in total. The molecule has 0 aliphatic carbocycles. The van der Waals surface area contributed by atoms with E-state index in [1.807, 2.05) is 55.4 Å². The van der Waals surface area contributed by atoms with Crippen molar-refractivity contribution in [2.45, 2.75) is 262 Å². The quantitative estimate of drug-likeness (QED) is 0.0616. The Bertz CT molecular complexity index is 2580. The van der Waals surface area contributed by atoms with Gasteiger partial charge in [-0.15, -0.1) is 0 Å². The molecule has 95 heavy (non-hydrogen) atoms. The second-order valence-electron chi connectivity index (χ2n) is 29.2. The first-order chi connectivity index (χ1) is 43.9. The summed E-state index contributed by atoms with van der Waals surface area (Å²) in [5, 5.41) is 26.9. The Kier molecular flexibility index (Phi) is 36.4. The van der Waals surface area contributed by atoms with Crippen molar-refractivity contribution in [2.24, 2.45) is 47.3 Å². The minimum absolute atomic E-state index is 0.0146. The van der Waals surface area contributed by atoms with E-state index in [0.29, 0.717) is 12.5 Å². The smallest absolute Gasteiger partial charge is 0.277 e. The maximum atomic E-state index is 16.3. The van der Waals surface area contributed by atoms with Crippen molar-refractivity contribution in [1.29, 1.82) is 0 Å². The summed E-state index contributed by atoms with van der Waals surface area (Å²) in [6, 6.07) is -11.6. The lowest BCUT2D eigenvalue weighted by Crippen LogP contribution is -2.71. The summed E-state index contributed by atoms with van der Waals surface area (Å²) in [5.74, 6) is -10.4. The van der Waals surface area contributed by atoms with Crippen LogP contribution in [0.3, 0.4) is 0 Å². The molecule has 0 aromatic heterocycles. The summed E-state index contributed by atoms with van der Waals surface area (Å²) in [4.78, 5) is 173. The fourth-order valence-electron chi connectivity index (χ4n) is 11.9. The summed E-state index contributed by atoms with van der Waals surface area (Å²) in [7, 11) is 9.84. The highest BCUT2D eigenvalue weighted by Gasteiger charge is 2.56. The first-order valence-corrected chi connectivity index (χ1v) is 34.7. The van der Waals surface area contributed by atoms with Crippen molar-refractivity contribution in [3.63, 3.8) is 0 Å². The van der Waals surface area contributed by atoms with Crippen LogP contribution in [-0.4, -0.2) is 239 Å². The van der Waals surface area contributed by atoms with Crippen LogP contribution in [0.15, 0.2) is 12.2 Å². The maximum absolute atomic E-state index is 16.3. The van der Waals surface area contributed by atoms with Crippen LogP contribution in [0.25, 0.3) is 0 Å². The topological polar surface area (TPSA) is 300 Å². The van der Waals surface area contributed by atoms with Gasteiger partial charge in [0.25, 0.3) is 5.91 Å². The van der Waals surface area contributed by atoms with Gasteiger partial charge in [-0.25, -0.2) is 0 Å². The lowest BCUT2D eigenvalue weighted by molar-refractivity contribution is -0.223. The number of likely N-dealkylation sites (N-methyl/N-ethyl adjacent to an activating group) is 7. The van der Waals surface area contributed by atoms with E-state index < -0.39 is 162 Å². The predicted octanol–water partition coefficient (Wildman–Crippen LogP) is 4.99. The van der Waals surface area contributed by atoms with E-state index in [-0.39, 0.29) is 62.2 Å². The minimum Gasteiger partial charge on any atom is -0.390 e. The van der Waals surface area contributed by atoms with E-state index in [2.05, 4.69) is 40.4 Å². The molecule has 2 unspecified atom stereocenters. The highest BCUT2D eigenvalue weighted by molar-refractivity contribution is 6.00. The fraction of sp³-hybridized carbons (Fsp3) is 0.814. The molecule has 0 spiro atoms. The van der Waals surface area contributed by atoms with Crippen molar-refractivity contribution >= 4 is 65.0 Å². The lowest BCUT2D eigenvalue weighted by atomic mass is 9.89. The first kappa shape index (κ1) is 86.8. The number of rotatable bonds is 22. The Morgan fingerprint density at radius 3 is 1.49 bits per heavy atom. The number of allylic oxidation sites excluding steroid dienone is 2. The van der Waals surface area contributed by atoms with E-state index in [4.69, 9.17) is 4.74 Å². The zero-order valence-electron chi connectivity index (χ0n) is 63.2. The standard InChI is InChI=1S/C70H128N12O13/c1-28-31-32-47(17)59(84)58-63(88)74-51(30-3)65(90)76(21)39-56(83)77(22)52(35-40(4)5)62(87)75-57(44(12)13)68(93)78(23)53(36-41(6)7)61(86)72-48(18)60(85)73-49(19)64(89)79(24)54(37-42(8)9)66(91)80(25)55(38-43(10)11)67(92)82(27)70(45(14)15,69(94)81(58)26)95-50(20)71-34-33-46(16)29-2/h28,31,40-55,57-59,71,84H,29-30,32-39H2,1-27H3,(H,72,86)(H,73,85)(H,74,88)(H,75,87)/b31-28+/t46?,47-,48+,49-,50?,51+,52+,53+,54+,55+,57+,58+,59-,70+/m1/s1. The monoisotopic (exact) mass is 1340 g/mol. The van der Waals surface area contributed by atoms with Crippen molar-refractivity contribution < 1.29 is 62.6 Å². The molecule has 1 aliphatic heterocycles. The third kappa shape index (κ3) is 24.4. The zero-order chi connectivity index (χ0) is 73.6. The lowest BCUT2D eigenvalue weighted by Gasteiger charge is -2.49. The summed E-state index contributed by atoms with van der Waals surface area (Å²) < 4.78 is 6.95. The summed E-state index contributed by atoms with van der Waals surface area (Å²) in [6.07, 6.45) is 3.43. The number of hydrogen-bond donors (Lipinski definition) is 6. The summed E-state index contributed by atoms with van der Waals surface area (Å²) in [5.41, 5.74) is -2.29. The third-order valence-electron chi connectivity index (χ3n) is 18.4. The normalized spacial score (nSPS) is 26.8. The van der Waals surface area contributed by atoms with Crippen LogP contribution >= 0.6 is 0 Å². The van der Waals surface area contributed by atoms with Crippen LogP contribution in [0.4, 0.5) is 0 Å². The minimum atomic E-state index is -2.29. The van der Waals surface area contributed by atoms with Gasteiger partial charge in [-0.1, -0.05) is 129 Å². The van der Waals surface area contributed by atoms with Gasteiger partial charge in [0, 0.05) is 55.3 Å². The molecule has 11 amide bonds. The number of nitrogens with zero attached hydrogens (tertiary/aromatic N) is 7. The van der Waals surface area contributed by atoms with Crippen molar-refractivity contribution in [2.75, 3.05) is 62.4 Å². The molecule has 1 aliphatic rings. The van der Waals surface area contributed by atoms with Gasteiger partial charge in [0.05, 0.1) is 12.6 Å². The molecule has 1 saturated heterocycles. The highest BCUT2D eigenvalue weighted by Crippen LogP contribution is 2.34. The van der Waals surface area contributed by atoms with Gasteiger partial charge in [-0.2, -0.15) is 0 Å². The van der Waals surface area contributed by atoms with Gasteiger partial charge >= 0.3 is 0 Å². The van der Waals surface area contributed by atoms with Gasteiger partial charge in [0.1, 0.15) is 60.6 Å². The summed E-state index contributed by atoms with van der Waals surface area (Å²) >= 11 is 0. The van der Waals surface area contributed by atoms with Gasteiger partial charge in [-0.3, -0.25) is 58.1 Å². The van der Waals surface area contributed by atoms with Crippen LogP contribution in [0.1, 0.15) is 190 Å². The molecule has 0 bridgehead atoms. The molecule has 25 heteroatoms. The first-order valence-electron chi connectivity index (χ1n) is 34.7. The Morgan fingerprint density at radius 1 is 0.558 bits per heavy atom. The van der Waals surface area contributed by atoms with Crippen LogP contribution in [0.2, 0.25) is 0 Å². The Labute approximate surface area is 570 Å². The van der Waals surface area contributed by atoms with E-state index in [0.717, 1.165) is 22.6 Å².